The first-order chi connectivity index (χ1) is 6.59. The average molecular weight is 188 g/mol. The van der Waals surface area contributed by atoms with Crippen molar-refractivity contribution in [2.24, 2.45) is 0 Å². The van der Waals surface area contributed by atoms with Crippen LogP contribution in [-0.4, -0.2) is 17.3 Å². The van der Waals surface area contributed by atoms with Gasteiger partial charge in [0.25, 0.3) is 0 Å². The summed E-state index contributed by atoms with van der Waals surface area (Å²) < 4.78 is 0. The fourth-order valence-corrected chi connectivity index (χ4v) is 1.57. The fraction of sp³-hybridized carbons (Fsp3) is 0.182. The fourth-order valence-electron chi connectivity index (χ4n) is 1.57. The van der Waals surface area contributed by atoms with E-state index in [1.807, 2.05) is 0 Å². The lowest BCUT2D eigenvalue weighted by atomic mass is 10.0. The van der Waals surface area contributed by atoms with Gasteiger partial charge in [-0.15, -0.1) is 0 Å². The van der Waals surface area contributed by atoms with Crippen LogP contribution in [-0.2, 0) is 0 Å². The van der Waals surface area contributed by atoms with Crippen molar-refractivity contribution in [1.82, 2.24) is 0 Å². The third kappa shape index (κ3) is 1.18. The highest BCUT2D eigenvalue weighted by molar-refractivity contribution is 6.24. The second kappa shape index (κ2) is 2.87. The molecule has 0 radical (unpaired) electrons. The lowest BCUT2D eigenvalue weighted by Crippen LogP contribution is -1.97. The van der Waals surface area contributed by atoms with Gasteiger partial charge in [-0.1, -0.05) is 6.07 Å². The van der Waals surface area contributed by atoms with Crippen molar-refractivity contribution in [2.75, 3.05) is 0 Å². The van der Waals surface area contributed by atoms with E-state index in [4.69, 9.17) is 0 Å². The number of benzene rings is 1. The Morgan fingerprint density at radius 2 is 1.79 bits per heavy atom. The molecule has 0 N–H and O–H groups in total. The van der Waals surface area contributed by atoms with Crippen LogP contribution in [0, 0.1) is 0 Å². The van der Waals surface area contributed by atoms with Crippen LogP contribution in [0.4, 0.5) is 0 Å². The molecule has 1 aromatic rings. The highest BCUT2D eigenvalue weighted by atomic mass is 16.2. The number of ketones is 3. The maximum atomic E-state index is 11.3. The Balaban J connectivity index is 2.61. The Bertz CT molecular complexity index is 458. The zero-order chi connectivity index (χ0) is 10.3. The molecule has 0 unspecified atom stereocenters. The van der Waals surface area contributed by atoms with E-state index < -0.39 is 0 Å². The van der Waals surface area contributed by atoms with E-state index in [-0.39, 0.29) is 23.8 Å². The smallest absolute Gasteiger partial charge is 0.171 e. The van der Waals surface area contributed by atoms with Crippen molar-refractivity contribution in [3.8, 4) is 0 Å². The summed E-state index contributed by atoms with van der Waals surface area (Å²) in [6.07, 6.45) is -0.0588. The quantitative estimate of drug-likeness (QED) is 0.497. The predicted octanol–water partition coefficient (Wildman–Crippen LogP) is 1.66. The van der Waals surface area contributed by atoms with Crippen molar-refractivity contribution in [3.05, 3.63) is 34.9 Å². The van der Waals surface area contributed by atoms with Gasteiger partial charge in [0.05, 0.1) is 6.42 Å². The second-order valence-corrected chi connectivity index (χ2v) is 3.34. The Morgan fingerprint density at radius 3 is 2.43 bits per heavy atom. The van der Waals surface area contributed by atoms with Gasteiger partial charge in [-0.3, -0.25) is 14.4 Å². The highest BCUT2D eigenvalue weighted by Crippen LogP contribution is 2.23. The summed E-state index contributed by atoms with van der Waals surface area (Å²) in [4.78, 5) is 33.6. The second-order valence-electron chi connectivity index (χ2n) is 3.34. The molecule has 0 amide bonds. The highest BCUT2D eigenvalue weighted by Gasteiger charge is 2.27. The van der Waals surface area contributed by atoms with E-state index in [2.05, 4.69) is 0 Å². The normalized spacial score (nSPS) is 14.4. The molecular formula is C11H8O3. The van der Waals surface area contributed by atoms with Gasteiger partial charge in [0, 0.05) is 16.7 Å². The molecule has 0 aliphatic heterocycles. The van der Waals surface area contributed by atoms with Crippen molar-refractivity contribution < 1.29 is 14.4 Å². The Kier molecular flexibility index (Phi) is 1.81. The lowest BCUT2D eigenvalue weighted by molar-refractivity contribution is 0.0922. The van der Waals surface area contributed by atoms with Crippen LogP contribution in [0.2, 0.25) is 0 Å². The number of rotatable bonds is 1. The third-order valence-electron chi connectivity index (χ3n) is 2.35. The van der Waals surface area contributed by atoms with Crippen LogP contribution >= 0.6 is 0 Å². The summed E-state index contributed by atoms with van der Waals surface area (Å²) >= 11 is 0. The summed E-state index contributed by atoms with van der Waals surface area (Å²) in [5, 5.41) is 0. The van der Waals surface area contributed by atoms with Gasteiger partial charge in [0.1, 0.15) is 0 Å². The van der Waals surface area contributed by atoms with E-state index in [1.54, 1.807) is 12.1 Å². The number of hydrogen-bond acceptors (Lipinski definition) is 3. The largest absolute Gasteiger partial charge is 0.295 e. The minimum Gasteiger partial charge on any atom is -0.295 e. The number of carbonyl (C=O) groups excluding carboxylic acids is 3. The summed E-state index contributed by atoms with van der Waals surface area (Å²) in [5.74, 6) is -0.437. The van der Waals surface area contributed by atoms with E-state index >= 15 is 0 Å². The van der Waals surface area contributed by atoms with Gasteiger partial charge in [0.15, 0.2) is 17.3 Å². The average Bonchev–Trinajstić information content (AvgIpc) is 2.42. The zero-order valence-corrected chi connectivity index (χ0v) is 7.66. The molecule has 1 aliphatic carbocycles. The number of hydrogen-bond donors (Lipinski definition) is 0. The zero-order valence-electron chi connectivity index (χ0n) is 7.66. The summed E-state index contributed by atoms with van der Waals surface area (Å²) in [6.45, 7) is 1.43. The minimum atomic E-state index is -0.187. The van der Waals surface area contributed by atoms with Crippen LogP contribution in [0.1, 0.15) is 44.4 Å². The van der Waals surface area contributed by atoms with E-state index in [9.17, 15) is 14.4 Å². The van der Waals surface area contributed by atoms with E-state index in [1.165, 1.54) is 13.0 Å². The number of carbonyl (C=O) groups is 3. The van der Waals surface area contributed by atoms with Crippen molar-refractivity contribution in [2.45, 2.75) is 13.3 Å². The minimum absolute atomic E-state index is 0.0588. The lowest BCUT2D eigenvalue weighted by Gasteiger charge is -1.98. The molecule has 0 aromatic heterocycles. The molecule has 0 saturated heterocycles. The van der Waals surface area contributed by atoms with Gasteiger partial charge in [-0.2, -0.15) is 0 Å². The first kappa shape index (κ1) is 8.81. The van der Waals surface area contributed by atoms with Gasteiger partial charge in [-0.05, 0) is 19.1 Å². The molecule has 14 heavy (non-hydrogen) atoms. The Hall–Kier alpha value is -1.77. The molecule has 0 heterocycles. The first-order valence-electron chi connectivity index (χ1n) is 4.31. The molecule has 70 valence electrons. The molecule has 0 saturated carbocycles. The maximum Gasteiger partial charge on any atom is 0.171 e. The summed E-state index contributed by atoms with van der Waals surface area (Å²) in [5.41, 5.74) is 1.31. The van der Waals surface area contributed by atoms with Crippen molar-refractivity contribution in [3.63, 3.8) is 0 Å². The molecule has 3 heteroatoms. The first-order valence-corrected chi connectivity index (χ1v) is 4.31. The predicted molar refractivity (Wildman–Crippen MR) is 49.7 cm³/mol. The molecule has 3 nitrogen and oxygen atoms in total. The molecule has 0 fully saturated rings. The third-order valence-corrected chi connectivity index (χ3v) is 2.35. The van der Waals surface area contributed by atoms with Crippen LogP contribution in [0.25, 0.3) is 0 Å². The van der Waals surface area contributed by atoms with E-state index in [0.717, 1.165) is 0 Å². The van der Waals surface area contributed by atoms with Crippen LogP contribution < -0.4 is 0 Å². The van der Waals surface area contributed by atoms with Gasteiger partial charge < -0.3 is 0 Å². The number of fused-ring (bicyclic) bond motifs is 1. The van der Waals surface area contributed by atoms with Crippen LogP contribution in [0.3, 0.4) is 0 Å². The molecule has 0 bridgehead atoms. The molecule has 1 aliphatic rings. The molecule has 0 atom stereocenters. The standard InChI is InChI=1S/C11H8O3/c1-6(12)7-2-3-8-9(4-7)11(14)5-10(8)13/h2-4H,5H2,1H3. The SMILES string of the molecule is CC(=O)c1ccc2c(c1)C(=O)CC2=O. The Labute approximate surface area is 80.7 Å². The molecule has 1 aromatic carbocycles. The van der Waals surface area contributed by atoms with Gasteiger partial charge in [-0.25, -0.2) is 0 Å². The molecule has 0 spiro atoms. The Morgan fingerprint density at radius 1 is 1.14 bits per heavy atom. The summed E-state index contributed by atoms with van der Waals surface area (Å²) in [7, 11) is 0. The van der Waals surface area contributed by atoms with Gasteiger partial charge >= 0.3 is 0 Å². The maximum absolute atomic E-state index is 11.3. The van der Waals surface area contributed by atoms with E-state index in [0.29, 0.717) is 16.7 Å². The van der Waals surface area contributed by atoms with Crippen LogP contribution in [0.5, 0.6) is 0 Å². The van der Waals surface area contributed by atoms with Gasteiger partial charge in [0.2, 0.25) is 0 Å². The van der Waals surface area contributed by atoms with Crippen LogP contribution in [0.15, 0.2) is 18.2 Å². The van der Waals surface area contributed by atoms with Crippen molar-refractivity contribution >= 4 is 17.3 Å². The topological polar surface area (TPSA) is 51.2 Å². The monoisotopic (exact) mass is 188 g/mol. The molecule has 2 rings (SSSR count). The molecular weight excluding hydrogens is 180 g/mol. The number of Topliss-reactive ketones (excluding diaryl/α,β-unsaturated/α-hetero) is 3. The van der Waals surface area contributed by atoms with Crippen molar-refractivity contribution in [1.29, 1.82) is 0 Å². The summed E-state index contributed by atoms with van der Waals surface area (Å²) in [6, 6.07) is 4.64.